The van der Waals surface area contributed by atoms with Crippen molar-refractivity contribution in [1.29, 1.82) is 5.26 Å². The third-order valence-electron chi connectivity index (χ3n) is 6.82. The van der Waals surface area contributed by atoms with Gasteiger partial charge in [0.25, 0.3) is 5.91 Å². The molecule has 4 N–H and O–H groups in total. The molecule has 1 saturated carbocycles. The number of aromatic nitrogens is 3. The van der Waals surface area contributed by atoms with E-state index < -0.39 is 11.2 Å². The van der Waals surface area contributed by atoms with Crippen LogP contribution in [0.3, 0.4) is 0 Å². The molecule has 10 heteroatoms. The second-order valence-corrected chi connectivity index (χ2v) is 9.96. The Labute approximate surface area is 214 Å². The van der Waals surface area contributed by atoms with Crippen LogP contribution in [0.25, 0.3) is 0 Å². The minimum Gasteiger partial charge on any atom is -0.352 e. The number of halogens is 1. The van der Waals surface area contributed by atoms with Crippen LogP contribution in [0.2, 0.25) is 0 Å². The number of carbonyl (C=O) groups excluding carboxylic acids is 1. The van der Waals surface area contributed by atoms with Gasteiger partial charge in [0.2, 0.25) is 5.95 Å². The Hall–Kier alpha value is -4.10. The second-order valence-electron chi connectivity index (χ2n) is 9.96. The van der Waals surface area contributed by atoms with Gasteiger partial charge in [-0.15, -0.1) is 0 Å². The van der Waals surface area contributed by atoms with E-state index in [4.69, 9.17) is 0 Å². The first-order valence-corrected chi connectivity index (χ1v) is 12.4. The third-order valence-corrected chi connectivity index (χ3v) is 6.82. The number of anilines is 4. The number of pyridine rings is 1. The molecule has 9 nitrogen and oxygen atoms in total. The van der Waals surface area contributed by atoms with Crippen molar-refractivity contribution in [1.82, 2.24) is 25.6 Å². The van der Waals surface area contributed by atoms with E-state index in [1.54, 1.807) is 13.8 Å². The average molecular weight is 501 g/mol. The zero-order chi connectivity index (χ0) is 26.2. The lowest BCUT2D eigenvalue weighted by molar-refractivity contribution is 0.0956. The minimum atomic E-state index is -1.14. The minimum absolute atomic E-state index is 0.00366. The lowest BCUT2D eigenvalue weighted by Crippen LogP contribution is -2.36. The summed E-state index contributed by atoms with van der Waals surface area (Å²) in [5.41, 5.74) is 2.75. The number of carbonyl (C=O) groups is 1. The summed E-state index contributed by atoms with van der Waals surface area (Å²) in [4.78, 5) is 25.9. The first-order chi connectivity index (χ1) is 17.7. The number of amides is 1. The molecule has 2 aliphatic rings. The summed E-state index contributed by atoms with van der Waals surface area (Å²) in [6.07, 6.45) is 4.72. The van der Waals surface area contributed by atoms with Gasteiger partial charge in [0.15, 0.2) is 0 Å². The lowest BCUT2D eigenvalue weighted by atomic mass is 9.90. The van der Waals surface area contributed by atoms with Crippen molar-refractivity contribution in [3.63, 3.8) is 0 Å². The van der Waals surface area contributed by atoms with Crippen molar-refractivity contribution in [2.45, 2.75) is 51.0 Å². The predicted molar refractivity (Wildman–Crippen MR) is 138 cm³/mol. The molecule has 3 aromatic rings. The average Bonchev–Trinajstić information content (AvgIpc) is 3.65. The highest BCUT2D eigenvalue weighted by molar-refractivity contribution is 5.99. The van der Waals surface area contributed by atoms with E-state index in [1.807, 2.05) is 13.0 Å². The molecule has 37 heavy (non-hydrogen) atoms. The van der Waals surface area contributed by atoms with Crippen molar-refractivity contribution >= 4 is 29.2 Å². The molecule has 0 unspecified atom stereocenters. The van der Waals surface area contributed by atoms with Crippen molar-refractivity contribution in [2.24, 2.45) is 0 Å². The van der Waals surface area contributed by atoms with Crippen LogP contribution in [0.1, 0.15) is 60.8 Å². The number of hydrogen-bond donors (Lipinski definition) is 4. The van der Waals surface area contributed by atoms with E-state index in [0.717, 1.165) is 31.5 Å². The van der Waals surface area contributed by atoms with Crippen molar-refractivity contribution in [2.75, 3.05) is 23.7 Å². The van der Waals surface area contributed by atoms with Crippen molar-refractivity contribution < 1.29 is 9.18 Å². The van der Waals surface area contributed by atoms with Crippen molar-refractivity contribution in [3.05, 3.63) is 64.7 Å². The number of benzene rings is 1. The van der Waals surface area contributed by atoms with Crippen LogP contribution in [-0.2, 0) is 17.4 Å². The fourth-order valence-electron chi connectivity index (χ4n) is 4.66. The summed E-state index contributed by atoms with van der Waals surface area (Å²) in [6, 6.07) is 11.0. The van der Waals surface area contributed by atoms with E-state index in [9.17, 15) is 14.4 Å². The molecule has 0 saturated heterocycles. The molecular formula is C27H29FN8O. The van der Waals surface area contributed by atoms with E-state index >= 15 is 0 Å². The summed E-state index contributed by atoms with van der Waals surface area (Å²) < 4.78 is 14.4. The molecule has 5 rings (SSSR count). The van der Waals surface area contributed by atoms with Crippen LogP contribution in [0.5, 0.6) is 0 Å². The maximum absolute atomic E-state index is 14.4. The zero-order valence-electron chi connectivity index (χ0n) is 21.1. The van der Waals surface area contributed by atoms with Crippen LogP contribution >= 0.6 is 0 Å². The van der Waals surface area contributed by atoms with Crippen LogP contribution in [-0.4, -0.2) is 33.9 Å². The van der Waals surface area contributed by atoms with Gasteiger partial charge in [-0.25, -0.2) is 14.4 Å². The Balaban J connectivity index is 1.46. The summed E-state index contributed by atoms with van der Waals surface area (Å²) in [7, 11) is 0. The van der Waals surface area contributed by atoms with Gasteiger partial charge >= 0.3 is 0 Å². The van der Waals surface area contributed by atoms with Gasteiger partial charge in [-0.05, 0) is 75.4 Å². The smallest absolute Gasteiger partial charge is 0.256 e. The standard InChI is InChI=1S/C27H29FN8O/c1-4-30-24(37)18-14-31-25(33-17-5-6-19-16(13-17)9-12-32-27(19)10-11-27)36-23(18)35-21-8-7-20(28)22(34-21)26(2,3)15-29/h5-8,13-14,32H,4,9-12H2,1-3H3,(H,30,37)(H2,31,33,34,35,36). The molecule has 3 heterocycles. The van der Waals surface area contributed by atoms with Crippen LogP contribution < -0.4 is 21.3 Å². The normalized spacial score (nSPS) is 15.4. The van der Waals surface area contributed by atoms with Gasteiger partial charge in [0, 0.05) is 30.5 Å². The van der Waals surface area contributed by atoms with Gasteiger partial charge < -0.3 is 21.3 Å². The summed E-state index contributed by atoms with van der Waals surface area (Å²) >= 11 is 0. The fraction of sp³-hybridized carbons (Fsp3) is 0.370. The highest BCUT2D eigenvalue weighted by atomic mass is 19.1. The molecule has 1 aliphatic heterocycles. The summed E-state index contributed by atoms with van der Waals surface area (Å²) in [5.74, 6) is -0.174. The molecule has 1 aromatic carbocycles. The number of nitriles is 1. The molecule has 0 radical (unpaired) electrons. The van der Waals surface area contributed by atoms with Crippen LogP contribution in [0.4, 0.5) is 27.7 Å². The second kappa shape index (κ2) is 9.41. The molecule has 0 atom stereocenters. The summed E-state index contributed by atoms with van der Waals surface area (Å²) in [6.45, 7) is 6.39. The quantitative estimate of drug-likeness (QED) is 0.380. The van der Waals surface area contributed by atoms with Crippen LogP contribution in [0.15, 0.2) is 36.5 Å². The van der Waals surface area contributed by atoms with Gasteiger partial charge in [-0.3, -0.25) is 4.79 Å². The Morgan fingerprint density at radius 3 is 2.76 bits per heavy atom. The molecular weight excluding hydrogens is 471 g/mol. The molecule has 1 aliphatic carbocycles. The number of nitrogens with one attached hydrogen (secondary N) is 4. The molecule has 1 amide bonds. The Kier molecular flexibility index (Phi) is 6.25. The number of fused-ring (bicyclic) bond motifs is 2. The maximum atomic E-state index is 14.4. The first kappa shape index (κ1) is 24.6. The molecule has 1 fully saturated rings. The number of nitrogens with zero attached hydrogens (tertiary/aromatic N) is 4. The Bertz CT molecular complexity index is 1410. The maximum Gasteiger partial charge on any atom is 0.256 e. The fourth-order valence-corrected chi connectivity index (χ4v) is 4.66. The zero-order valence-corrected chi connectivity index (χ0v) is 21.1. The van der Waals surface area contributed by atoms with Gasteiger partial charge in [-0.2, -0.15) is 10.2 Å². The van der Waals surface area contributed by atoms with Crippen molar-refractivity contribution in [3.8, 4) is 6.07 Å². The third kappa shape index (κ3) is 4.82. The van der Waals surface area contributed by atoms with Gasteiger partial charge in [0.05, 0.1) is 17.2 Å². The first-order valence-electron chi connectivity index (χ1n) is 12.4. The Morgan fingerprint density at radius 2 is 2.03 bits per heavy atom. The van der Waals surface area contributed by atoms with E-state index in [1.165, 1.54) is 29.5 Å². The summed E-state index contributed by atoms with van der Waals surface area (Å²) in [5, 5.41) is 22.1. The monoisotopic (exact) mass is 500 g/mol. The van der Waals surface area contributed by atoms with Crippen LogP contribution in [0, 0.1) is 17.1 Å². The largest absolute Gasteiger partial charge is 0.352 e. The van der Waals surface area contributed by atoms with Gasteiger partial charge in [-0.1, -0.05) is 6.07 Å². The molecule has 190 valence electrons. The highest BCUT2D eigenvalue weighted by Gasteiger charge is 2.46. The van der Waals surface area contributed by atoms with E-state index in [0.29, 0.717) is 12.5 Å². The Morgan fingerprint density at radius 1 is 1.22 bits per heavy atom. The predicted octanol–water partition coefficient (Wildman–Crippen LogP) is 4.18. The molecule has 0 bridgehead atoms. The van der Waals surface area contributed by atoms with E-state index in [2.05, 4.69) is 54.4 Å². The van der Waals surface area contributed by atoms with E-state index in [-0.39, 0.29) is 34.3 Å². The SMILES string of the molecule is CCNC(=O)c1cnc(Nc2ccc3c(c2)CCNC32CC2)nc1Nc1ccc(F)c(C(C)(C)C#N)n1. The topological polar surface area (TPSA) is 128 Å². The number of rotatable bonds is 7. The molecule has 1 spiro atoms. The number of hydrogen-bond acceptors (Lipinski definition) is 8. The van der Waals surface area contributed by atoms with Gasteiger partial charge in [0.1, 0.15) is 23.0 Å². The lowest BCUT2D eigenvalue weighted by Gasteiger charge is -2.27. The highest BCUT2D eigenvalue weighted by Crippen LogP contribution is 2.49. The molecule has 2 aromatic heterocycles.